The first-order valence-corrected chi connectivity index (χ1v) is 9.01. The normalized spacial score (nSPS) is 13.9. The number of hydrogen-bond donors (Lipinski definition) is 2. The highest BCUT2D eigenvalue weighted by Crippen LogP contribution is 2.37. The first-order valence-electron chi connectivity index (χ1n) is 9.01. The third-order valence-corrected chi connectivity index (χ3v) is 4.56. The number of rotatable bonds is 7. The molecular weight excluding hydrogens is 330 g/mol. The number of nitrogens with one attached hydrogen (secondary N) is 1. The molecule has 1 aliphatic carbocycles. The second-order valence-electron chi connectivity index (χ2n) is 6.35. The van der Waals surface area contributed by atoms with Crippen LogP contribution in [0.3, 0.4) is 0 Å². The van der Waals surface area contributed by atoms with Crippen LogP contribution in [0.1, 0.15) is 65.0 Å². The second kappa shape index (κ2) is 7.70. The lowest BCUT2D eigenvalue weighted by molar-refractivity contribution is 0.0676. The van der Waals surface area contributed by atoms with Crippen LogP contribution in [-0.4, -0.2) is 29.5 Å². The number of carbonyl (C=O) groups excluding carboxylic acids is 2. The fourth-order valence-corrected chi connectivity index (χ4v) is 3.13. The SMILES string of the molecule is CCCCOC(CC)Nc1ccc(O)c2c1C(=O)c1ccccc1C2=O. The van der Waals surface area contributed by atoms with Crippen molar-refractivity contribution in [1.29, 1.82) is 0 Å². The van der Waals surface area contributed by atoms with Crippen LogP contribution in [-0.2, 0) is 4.74 Å². The molecule has 5 heteroatoms. The van der Waals surface area contributed by atoms with Gasteiger partial charge in [0.05, 0.1) is 11.1 Å². The quantitative estimate of drug-likeness (QED) is 0.379. The van der Waals surface area contributed by atoms with Crippen molar-refractivity contribution in [2.45, 2.75) is 39.3 Å². The van der Waals surface area contributed by atoms with Crippen LogP contribution in [0.2, 0.25) is 0 Å². The summed E-state index contributed by atoms with van der Waals surface area (Å²) in [7, 11) is 0. The summed E-state index contributed by atoms with van der Waals surface area (Å²) in [5.41, 5.74) is 1.46. The molecule has 0 heterocycles. The Morgan fingerprint density at radius 2 is 1.65 bits per heavy atom. The molecule has 2 aromatic rings. The van der Waals surface area contributed by atoms with Crippen LogP contribution < -0.4 is 5.32 Å². The molecule has 1 atom stereocenters. The fourth-order valence-electron chi connectivity index (χ4n) is 3.13. The van der Waals surface area contributed by atoms with Crippen LogP contribution in [0.25, 0.3) is 0 Å². The first kappa shape index (κ1) is 18.1. The summed E-state index contributed by atoms with van der Waals surface area (Å²) >= 11 is 0. The van der Waals surface area contributed by atoms with E-state index in [-0.39, 0.29) is 34.7 Å². The van der Waals surface area contributed by atoms with E-state index in [9.17, 15) is 14.7 Å². The van der Waals surface area contributed by atoms with E-state index in [1.807, 2.05) is 6.92 Å². The molecule has 136 valence electrons. The van der Waals surface area contributed by atoms with E-state index in [2.05, 4.69) is 12.2 Å². The molecule has 5 nitrogen and oxygen atoms in total. The predicted molar refractivity (Wildman–Crippen MR) is 100.0 cm³/mol. The summed E-state index contributed by atoms with van der Waals surface area (Å²) < 4.78 is 5.82. The Morgan fingerprint density at radius 3 is 2.27 bits per heavy atom. The van der Waals surface area contributed by atoms with Crippen LogP contribution in [0.5, 0.6) is 5.75 Å². The zero-order valence-corrected chi connectivity index (χ0v) is 15.0. The molecule has 0 fully saturated rings. The van der Waals surface area contributed by atoms with Gasteiger partial charge in [0.25, 0.3) is 0 Å². The molecule has 0 aliphatic heterocycles. The molecule has 0 bridgehead atoms. The van der Waals surface area contributed by atoms with Crippen molar-refractivity contribution < 1.29 is 19.4 Å². The van der Waals surface area contributed by atoms with Gasteiger partial charge < -0.3 is 15.2 Å². The van der Waals surface area contributed by atoms with E-state index in [4.69, 9.17) is 4.74 Å². The van der Waals surface area contributed by atoms with Gasteiger partial charge in [-0.05, 0) is 25.0 Å². The molecule has 3 rings (SSSR count). The van der Waals surface area contributed by atoms with Crippen molar-refractivity contribution in [2.24, 2.45) is 0 Å². The fraction of sp³-hybridized carbons (Fsp3) is 0.333. The largest absolute Gasteiger partial charge is 0.507 e. The Labute approximate surface area is 153 Å². The average Bonchev–Trinajstić information content (AvgIpc) is 2.66. The number of benzene rings is 2. The van der Waals surface area contributed by atoms with Gasteiger partial charge in [-0.3, -0.25) is 9.59 Å². The third kappa shape index (κ3) is 3.22. The minimum Gasteiger partial charge on any atom is -0.507 e. The molecule has 1 unspecified atom stereocenters. The standard InChI is InChI=1S/C21H23NO4/c1-3-5-12-26-17(4-2)22-15-10-11-16(23)19-18(15)20(24)13-8-6-7-9-14(13)21(19)25/h6-11,17,22-23H,3-5,12H2,1-2H3. The van der Waals surface area contributed by atoms with Crippen molar-refractivity contribution >= 4 is 17.3 Å². The van der Waals surface area contributed by atoms with Crippen LogP contribution >= 0.6 is 0 Å². The Bertz CT molecular complexity index is 844. The highest BCUT2D eigenvalue weighted by atomic mass is 16.5. The van der Waals surface area contributed by atoms with Gasteiger partial charge in [-0.2, -0.15) is 0 Å². The van der Waals surface area contributed by atoms with E-state index in [0.29, 0.717) is 29.8 Å². The van der Waals surface area contributed by atoms with E-state index < -0.39 is 0 Å². The topological polar surface area (TPSA) is 75.6 Å². The van der Waals surface area contributed by atoms with Crippen LogP contribution in [0, 0.1) is 0 Å². The number of phenolic OH excluding ortho intramolecular Hbond substituents is 1. The lowest BCUT2D eigenvalue weighted by Crippen LogP contribution is -2.27. The van der Waals surface area contributed by atoms with Crippen molar-refractivity contribution in [2.75, 3.05) is 11.9 Å². The van der Waals surface area contributed by atoms with Gasteiger partial charge in [0.1, 0.15) is 12.0 Å². The Morgan fingerprint density at radius 1 is 1.00 bits per heavy atom. The van der Waals surface area contributed by atoms with Crippen molar-refractivity contribution in [1.82, 2.24) is 0 Å². The van der Waals surface area contributed by atoms with Gasteiger partial charge in [-0.25, -0.2) is 0 Å². The number of phenols is 1. The molecule has 0 amide bonds. The van der Waals surface area contributed by atoms with Gasteiger partial charge in [0, 0.05) is 23.4 Å². The summed E-state index contributed by atoms with van der Waals surface area (Å²) in [6.45, 7) is 4.70. The number of unbranched alkanes of at least 4 members (excludes halogenated alkanes) is 1. The minimum atomic E-state index is -0.337. The Balaban J connectivity index is 2.00. The number of aromatic hydroxyl groups is 1. The van der Waals surface area contributed by atoms with Crippen molar-refractivity contribution in [3.8, 4) is 5.75 Å². The molecule has 26 heavy (non-hydrogen) atoms. The second-order valence-corrected chi connectivity index (χ2v) is 6.35. The van der Waals surface area contributed by atoms with E-state index in [0.717, 1.165) is 12.8 Å². The summed E-state index contributed by atoms with van der Waals surface area (Å²) in [5.74, 6) is -0.785. The number of fused-ring (bicyclic) bond motifs is 2. The predicted octanol–water partition coefficient (Wildman–Crippen LogP) is 4.13. The summed E-state index contributed by atoms with van der Waals surface area (Å²) in [6, 6.07) is 9.76. The van der Waals surface area contributed by atoms with E-state index >= 15 is 0 Å². The van der Waals surface area contributed by atoms with E-state index in [1.165, 1.54) is 6.07 Å². The van der Waals surface area contributed by atoms with Crippen LogP contribution in [0.15, 0.2) is 36.4 Å². The van der Waals surface area contributed by atoms with Gasteiger partial charge in [0.2, 0.25) is 0 Å². The highest BCUT2D eigenvalue weighted by Gasteiger charge is 2.34. The van der Waals surface area contributed by atoms with Gasteiger partial charge >= 0.3 is 0 Å². The lowest BCUT2D eigenvalue weighted by atomic mass is 9.82. The highest BCUT2D eigenvalue weighted by molar-refractivity contribution is 6.31. The molecule has 1 aliphatic rings. The molecule has 0 spiro atoms. The van der Waals surface area contributed by atoms with Gasteiger partial charge in [0.15, 0.2) is 11.6 Å². The summed E-state index contributed by atoms with van der Waals surface area (Å²) in [5, 5.41) is 13.4. The number of carbonyl (C=O) groups is 2. The third-order valence-electron chi connectivity index (χ3n) is 4.56. The molecular formula is C21H23NO4. The number of ketones is 2. The number of ether oxygens (including phenoxy) is 1. The van der Waals surface area contributed by atoms with Gasteiger partial charge in [-0.15, -0.1) is 0 Å². The molecule has 0 saturated heterocycles. The zero-order valence-electron chi connectivity index (χ0n) is 15.0. The maximum absolute atomic E-state index is 13.0. The smallest absolute Gasteiger partial charge is 0.198 e. The average molecular weight is 353 g/mol. The monoisotopic (exact) mass is 353 g/mol. The Hall–Kier alpha value is -2.66. The summed E-state index contributed by atoms with van der Waals surface area (Å²) in [6.07, 6.45) is 2.43. The molecule has 2 N–H and O–H groups in total. The van der Waals surface area contributed by atoms with Crippen molar-refractivity contribution in [3.05, 3.63) is 58.7 Å². The molecule has 0 radical (unpaired) electrons. The number of hydrogen-bond acceptors (Lipinski definition) is 5. The molecule has 0 aromatic heterocycles. The first-order chi connectivity index (χ1) is 12.6. The van der Waals surface area contributed by atoms with E-state index in [1.54, 1.807) is 30.3 Å². The number of anilines is 1. The minimum absolute atomic E-state index is 0.0575. The molecule has 0 saturated carbocycles. The van der Waals surface area contributed by atoms with Crippen molar-refractivity contribution in [3.63, 3.8) is 0 Å². The maximum atomic E-state index is 13.0. The van der Waals surface area contributed by atoms with Crippen LogP contribution in [0.4, 0.5) is 5.69 Å². The molecule has 2 aromatic carbocycles. The summed E-state index contributed by atoms with van der Waals surface area (Å²) in [4.78, 5) is 25.8. The Kier molecular flexibility index (Phi) is 5.38. The van der Waals surface area contributed by atoms with Gasteiger partial charge in [-0.1, -0.05) is 44.5 Å². The maximum Gasteiger partial charge on any atom is 0.198 e. The lowest BCUT2D eigenvalue weighted by Gasteiger charge is -2.25. The zero-order chi connectivity index (χ0) is 18.7.